The van der Waals surface area contributed by atoms with Crippen LogP contribution < -0.4 is 10.2 Å². The number of halogens is 1. The smallest absolute Gasteiger partial charge is 0.339 e. The van der Waals surface area contributed by atoms with E-state index in [2.05, 4.69) is 5.32 Å². The van der Waals surface area contributed by atoms with Crippen LogP contribution in [0.5, 0.6) is 5.75 Å². The van der Waals surface area contributed by atoms with Gasteiger partial charge in [-0.1, -0.05) is 11.6 Å². The van der Waals surface area contributed by atoms with E-state index < -0.39 is 5.97 Å². The van der Waals surface area contributed by atoms with E-state index >= 15 is 0 Å². The lowest BCUT2D eigenvalue weighted by molar-refractivity contribution is 0.0694. The molecule has 3 rings (SSSR count). The number of carboxylic acid groups (broad SMARTS) is 1. The average molecular weight is 367 g/mol. The summed E-state index contributed by atoms with van der Waals surface area (Å²) in [5.74, 6) is -1.45. The predicted molar refractivity (Wildman–Crippen MR) is 96.2 cm³/mol. The van der Waals surface area contributed by atoms with E-state index in [0.717, 1.165) is 18.8 Å². The number of fused-ring (bicyclic) bond motifs is 1. The highest BCUT2D eigenvalue weighted by Gasteiger charge is 2.25. The van der Waals surface area contributed by atoms with E-state index in [9.17, 15) is 15.0 Å². The fraction of sp³-hybridized carbons (Fsp3) is 0.353. The minimum absolute atomic E-state index is 0.0398. The zero-order chi connectivity index (χ0) is 18.0. The van der Waals surface area contributed by atoms with Gasteiger partial charge in [0.15, 0.2) is 0 Å². The second kappa shape index (κ2) is 7.35. The Balaban J connectivity index is 1.97. The molecule has 134 valence electrons. The van der Waals surface area contributed by atoms with Crippen molar-refractivity contribution < 1.29 is 24.9 Å². The third-order valence-corrected chi connectivity index (χ3v) is 4.30. The van der Waals surface area contributed by atoms with Crippen molar-refractivity contribution in [1.29, 1.82) is 0 Å². The summed E-state index contributed by atoms with van der Waals surface area (Å²) < 4.78 is 5.18. The highest BCUT2D eigenvalue weighted by Crippen LogP contribution is 2.42. The van der Waals surface area contributed by atoms with Crippen LogP contribution in [0.3, 0.4) is 0 Å². The van der Waals surface area contributed by atoms with Crippen molar-refractivity contribution in [2.45, 2.75) is 0 Å². The van der Waals surface area contributed by atoms with E-state index in [1.807, 2.05) is 4.90 Å². The standard InChI is InChI=1S/C17H19ClN2O5/c18-13-7-10-11(8-14(13)19-1-5-25-6-4-21)16(22)12(17(23)24)9-15(10)20-2-3-20/h7-9,19,21-22H,1-6H2,(H,23,24). The van der Waals surface area contributed by atoms with E-state index in [1.54, 1.807) is 12.1 Å². The number of carboxylic acids is 1. The normalized spacial score (nSPS) is 13.3. The Kier molecular flexibility index (Phi) is 5.17. The number of ether oxygens (including phenoxy) is 1. The minimum atomic E-state index is -1.18. The molecule has 0 radical (unpaired) electrons. The summed E-state index contributed by atoms with van der Waals surface area (Å²) in [6.07, 6.45) is 0. The number of aromatic carboxylic acids is 1. The number of aliphatic hydroxyl groups is 1. The van der Waals surface area contributed by atoms with E-state index in [0.29, 0.717) is 34.6 Å². The number of carbonyl (C=O) groups is 1. The number of aliphatic hydroxyl groups excluding tert-OH is 1. The summed E-state index contributed by atoms with van der Waals surface area (Å²) in [6.45, 7) is 2.76. The molecule has 1 heterocycles. The second-order valence-electron chi connectivity index (χ2n) is 5.72. The van der Waals surface area contributed by atoms with Crippen LogP contribution in [0.2, 0.25) is 5.02 Å². The summed E-state index contributed by atoms with van der Waals surface area (Å²) in [4.78, 5) is 13.4. The lowest BCUT2D eigenvalue weighted by atomic mass is 10.0. The zero-order valence-electron chi connectivity index (χ0n) is 13.5. The quantitative estimate of drug-likeness (QED) is 0.419. The van der Waals surface area contributed by atoms with Crippen molar-refractivity contribution in [2.24, 2.45) is 0 Å². The van der Waals surface area contributed by atoms with Crippen molar-refractivity contribution in [3.63, 3.8) is 0 Å². The summed E-state index contributed by atoms with van der Waals surface area (Å²) in [5, 5.41) is 33.1. The van der Waals surface area contributed by atoms with Crippen molar-refractivity contribution in [2.75, 3.05) is 49.7 Å². The Hall–Kier alpha value is -2.22. The van der Waals surface area contributed by atoms with Crippen molar-refractivity contribution in [3.05, 3.63) is 28.8 Å². The van der Waals surface area contributed by atoms with E-state index in [4.69, 9.17) is 21.4 Å². The summed E-state index contributed by atoms with van der Waals surface area (Å²) in [5.41, 5.74) is 1.20. The Bertz CT molecular complexity index is 807. The molecule has 1 fully saturated rings. The summed E-state index contributed by atoms with van der Waals surface area (Å²) >= 11 is 6.34. The number of nitrogens with one attached hydrogen (secondary N) is 1. The molecule has 0 unspecified atom stereocenters. The number of hydrogen-bond acceptors (Lipinski definition) is 6. The van der Waals surface area contributed by atoms with Gasteiger partial charge in [0, 0.05) is 36.1 Å². The molecule has 0 saturated carbocycles. The highest BCUT2D eigenvalue weighted by molar-refractivity contribution is 6.34. The average Bonchev–Trinajstić information content (AvgIpc) is 3.40. The Labute approximate surface area is 149 Å². The molecule has 0 aliphatic carbocycles. The molecule has 0 bridgehead atoms. The zero-order valence-corrected chi connectivity index (χ0v) is 14.2. The molecule has 0 atom stereocenters. The van der Waals surface area contributed by atoms with Gasteiger partial charge in [-0.3, -0.25) is 0 Å². The van der Waals surface area contributed by atoms with Crippen molar-refractivity contribution >= 4 is 39.7 Å². The van der Waals surface area contributed by atoms with Gasteiger partial charge in [-0.05, 0) is 18.2 Å². The fourth-order valence-corrected chi connectivity index (χ4v) is 2.91. The van der Waals surface area contributed by atoms with Gasteiger partial charge in [0.25, 0.3) is 0 Å². The van der Waals surface area contributed by atoms with Gasteiger partial charge in [0.05, 0.1) is 30.5 Å². The number of phenols is 1. The number of hydrogen-bond donors (Lipinski definition) is 4. The van der Waals surface area contributed by atoms with Crippen molar-refractivity contribution in [3.8, 4) is 5.75 Å². The van der Waals surface area contributed by atoms with Gasteiger partial charge in [-0.2, -0.15) is 0 Å². The van der Waals surface area contributed by atoms with Crippen molar-refractivity contribution in [1.82, 2.24) is 0 Å². The maximum absolute atomic E-state index is 11.4. The SMILES string of the molecule is O=C(O)c1cc(N2CC2)c2cc(Cl)c(NCCOCCO)cc2c1O. The molecule has 1 saturated heterocycles. The molecule has 0 spiro atoms. The van der Waals surface area contributed by atoms with Crippen LogP contribution in [0.4, 0.5) is 11.4 Å². The molecule has 4 N–H and O–H groups in total. The Morgan fingerprint density at radius 2 is 2.00 bits per heavy atom. The van der Waals surface area contributed by atoms with Gasteiger partial charge in [-0.15, -0.1) is 0 Å². The first-order valence-corrected chi connectivity index (χ1v) is 8.30. The van der Waals surface area contributed by atoms with Crippen LogP contribution in [0.25, 0.3) is 10.8 Å². The fourth-order valence-electron chi connectivity index (χ4n) is 2.68. The first-order valence-electron chi connectivity index (χ1n) is 7.93. The molecule has 7 nitrogen and oxygen atoms in total. The molecular weight excluding hydrogens is 348 g/mol. The van der Waals surface area contributed by atoms with Gasteiger partial charge in [0.1, 0.15) is 11.3 Å². The van der Waals surface area contributed by atoms with Crippen LogP contribution in [0.15, 0.2) is 18.2 Å². The van der Waals surface area contributed by atoms with E-state index in [1.165, 1.54) is 6.07 Å². The number of rotatable bonds is 8. The number of aromatic hydroxyl groups is 1. The topological polar surface area (TPSA) is 102 Å². The monoisotopic (exact) mass is 366 g/mol. The highest BCUT2D eigenvalue weighted by atomic mass is 35.5. The third-order valence-electron chi connectivity index (χ3n) is 3.99. The number of anilines is 2. The van der Waals surface area contributed by atoms with E-state index in [-0.39, 0.29) is 24.5 Å². The molecule has 0 amide bonds. The van der Waals surface area contributed by atoms with Crippen LogP contribution in [0.1, 0.15) is 10.4 Å². The van der Waals surface area contributed by atoms with Crippen LogP contribution >= 0.6 is 11.6 Å². The van der Waals surface area contributed by atoms with Crippen LogP contribution in [-0.4, -0.2) is 60.7 Å². The maximum atomic E-state index is 11.4. The Morgan fingerprint density at radius 3 is 2.64 bits per heavy atom. The summed E-state index contributed by atoms with van der Waals surface area (Å²) in [7, 11) is 0. The molecule has 25 heavy (non-hydrogen) atoms. The van der Waals surface area contributed by atoms with Gasteiger partial charge >= 0.3 is 5.97 Å². The first-order chi connectivity index (χ1) is 12.0. The maximum Gasteiger partial charge on any atom is 0.339 e. The lowest BCUT2D eigenvalue weighted by Gasteiger charge is -2.15. The molecule has 8 heteroatoms. The first kappa shape index (κ1) is 17.6. The molecule has 1 aliphatic rings. The largest absolute Gasteiger partial charge is 0.506 e. The summed E-state index contributed by atoms with van der Waals surface area (Å²) in [6, 6.07) is 4.87. The van der Waals surface area contributed by atoms with Crippen LogP contribution in [0, 0.1) is 0 Å². The molecule has 1 aliphatic heterocycles. The molecule has 0 aromatic heterocycles. The van der Waals surface area contributed by atoms with Crippen LogP contribution in [-0.2, 0) is 4.74 Å². The lowest BCUT2D eigenvalue weighted by Crippen LogP contribution is -2.11. The molecule has 2 aromatic rings. The second-order valence-corrected chi connectivity index (χ2v) is 6.13. The number of nitrogens with zero attached hydrogens (tertiary/aromatic N) is 1. The predicted octanol–water partition coefficient (Wildman–Crippen LogP) is 2.14. The minimum Gasteiger partial charge on any atom is -0.506 e. The van der Waals surface area contributed by atoms with Gasteiger partial charge in [0.2, 0.25) is 0 Å². The Morgan fingerprint density at radius 1 is 1.24 bits per heavy atom. The van der Waals surface area contributed by atoms with Gasteiger partial charge < -0.3 is 30.3 Å². The van der Waals surface area contributed by atoms with Gasteiger partial charge in [-0.25, -0.2) is 4.79 Å². The molecular formula is C17H19ClN2O5. The third kappa shape index (κ3) is 3.73. The molecule has 2 aromatic carbocycles. The number of benzene rings is 2.